The first kappa shape index (κ1) is 18.4. The van der Waals surface area contributed by atoms with Gasteiger partial charge in [-0.1, -0.05) is 42.5 Å². The van der Waals surface area contributed by atoms with Crippen molar-refractivity contribution in [3.63, 3.8) is 0 Å². The van der Waals surface area contributed by atoms with Gasteiger partial charge in [-0.3, -0.25) is 9.69 Å². The van der Waals surface area contributed by atoms with Crippen LogP contribution >= 0.6 is 0 Å². The summed E-state index contributed by atoms with van der Waals surface area (Å²) in [5, 5.41) is 2.90. The summed E-state index contributed by atoms with van der Waals surface area (Å²) < 4.78 is 18.7. The van der Waals surface area contributed by atoms with Crippen LogP contribution in [-0.4, -0.2) is 37.0 Å². The van der Waals surface area contributed by atoms with Gasteiger partial charge in [-0.2, -0.15) is 0 Å². The van der Waals surface area contributed by atoms with Gasteiger partial charge in [0.15, 0.2) is 18.2 Å². The minimum atomic E-state index is -0.453. The van der Waals surface area contributed by atoms with Crippen LogP contribution < -0.4 is 10.1 Å². The second-order valence-corrected chi connectivity index (χ2v) is 6.73. The Kier molecular flexibility index (Phi) is 6.61. The topological polar surface area (TPSA) is 41.6 Å². The smallest absolute Gasteiger partial charge is 0.257 e. The number of halogens is 1. The van der Waals surface area contributed by atoms with Crippen LogP contribution in [0.2, 0.25) is 0 Å². The predicted octanol–water partition coefficient (Wildman–Crippen LogP) is 3.23. The first-order valence-corrected chi connectivity index (χ1v) is 9.11. The van der Waals surface area contributed by atoms with Crippen LogP contribution in [0.3, 0.4) is 0 Å². The van der Waals surface area contributed by atoms with Crippen molar-refractivity contribution in [2.24, 2.45) is 5.92 Å². The van der Waals surface area contributed by atoms with E-state index in [2.05, 4.69) is 34.5 Å². The first-order chi connectivity index (χ1) is 12.7. The van der Waals surface area contributed by atoms with Crippen molar-refractivity contribution in [3.05, 3.63) is 66.0 Å². The number of amides is 1. The highest BCUT2D eigenvalue weighted by Crippen LogP contribution is 2.18. The molecule has 0 radical (unpaired) electrons. The number of carbonyl (C=O) groups excluding carboxylic acids is 1. The van der Waals surface area contributed by atoms with E-state index in [1.807, 2.05) is 6.07 Å². The molecule has 1 saturated heterocycles. The Bertz CT molecular complexity index is 700. The third-order valence-electron chi connectivity index (χ3n) is 4.74. The number of carbonyl (C=O) groups is 1. The van der Waals surface area contributed by atoms with E-state index in [-0.39, 0.29) is 18.3 Å². The number of benzene rings is 2. The van der Waals surface area contributed by atoms with E-state index in [9.17, 15) is 9.18 Å². The third kappa shape index (κ3) is 5.56. The summed E-state index contributed by atoms with van der Waals surface area (Å²) in [6, 6.07) is 16.6. The largest absolute Gasteiger partial charge is 0.481 e. The summed E-state index contributed by atoms with van der Waals surface area (Å²) in [5.41, 5.74) is 1.34. The number of hydrogen-bond donors (Lipinski definition) is 1. The fraction of sp³-hybridized carbons (Fsp3) is 0.381. The summed E-state index contributed by atoms with van der Waals surface area (Å²) in [4.78, 5) is 14.4. The van der Waals surface area contributed by atoms with Gasteiger partial charge >= 0.3 is 0 Å². The van der Waals surface area contributed by atoms with E-state index in [1.165, 1.54) is 17.7 Å². The SMILES string of the molecule is O=C(COc1ccccc1F)NCC1CCN(Cc2ccccc2)CC1. The number of ether oxygens (including phenoxy) is 1. The molecule has 1 heterocycles. The van der Waals surface area contributed by atoms with Crippen LogP contribution in [0.4, 0.5) is 4.39 Å². The third-order valence-corrected chi connectivity index (χ3v) is 4.74. The van der Waals surface area contributed by atoms with Gasteiger partial charge in [0.1, 0.15) is 0 Å². The van der Waals surface area contributed by atoms with Gasteiger partial charge in [0.2, 0.25) is 0 Å². The molecule has 1 aliphatic rings. The monoisotopic (exact) mass is 356 g/mol. The van der Waals surface area contributed by atoms with Crippen LogP contribution in [-0.2, 0) is 11.3 Å². The fourth-order valence-electron chi connectivity index (χ4n) is 3.20. The molecule has 0 aromatic heterocycles. The van der Waals surface area contributed by atoms with Crippen molar-refractivity contribution in [2.75, 3.05) is 26.2 Å². The van der Waals surface area contributed by atoms with E-state index in [1.54, 1.807) is 12.1 Å². The highest BCUT2D eigenvalue weighted by molar-refractivity contribution is 5.77. The lowest BCUT2D eigenvalue weighted by molar-refractivity contribution is -0.123. The van der Waals surface area contributed by atoms with Crippen molar-refractivity contribution in [2.45, 2.75) is 19.4 Å². The maximum atomic E-state index is 13.4. The molecule has 1 fully saturated rings. The summed E-state index contributed by atoms with van der Waals surface area (Å²) in [5.74, 6) is -0.0673. The molecule has 1 aliphatic heterocycles. The van der Waals surface area contributed by atoms with Gasteiger partial charge in [-0.25, -0.2) is 4.39 Å². The maximum Gasteiger partial charge on any atom is 0.257 e. The number of rotatable bonds is 7. The molecule has 0 bridgehead atoms. The number of nitrogens with zero attached hydrogens (tertiary/aromatic N) is 1. The first-order valence-electron chi connectivity index (χ1n) is 9.11. The number of piperidine rings is 1. The molecule has 138 valence electrons. The maximum absolute atomic E-state index is 13.4. The molecule has 1 N–H and O–H groups in total. The molecule has 26 heavy (non-hydrogen) atoms. The zero-order chi connectivity index (χ0) is 18.2. The van der Waals surface area contributed by atoms with Crippen molar-refractivity contribution in [3.8, 4) is 5.75 Å². The summed E-state index contributed by atoms with van der Waals surface area (Å²) >= 11 is 0. The van der Waals surface area contributed by atoms with Crippen LogP contribution in [0, 0.1) is 11.7 Å². The Labute approximate surface area is 154 Å². The number of para-hydroxylation sites is 1. The van der Waals surface area contributed by atoms with Gasteiger partial charge in [-0.05, 0) is 49.5 Å². The van der Waals surface area contributed by atoms with Crippen LogP contribution in [0.1, 0.15) is 18.4 Å². The number of hydrogen-bond acceptors (Lipinski definition) is 3. The minimum absolute atomic E-state index is 0.108. The molecule has 5 heteroatoms. The van der Waals surface area contributed by atoms with Crippen molar-refractivity contribution >= 4 is 5.91 Å². The van der Waals surface area contributed by atoms with E-state index >= 15 is 0 Å². The van der Waals surface area contributed by atoms with Gasteiger partial charge in [-0.15, -0.1) is 0 Å². The lowest BCUT2D eigenvalue weighted by Gasteiger charge is -2.32. The lowest BCUT2D eigenvalue weighted by Crippen LogP contribution is -2.39. The van der Waals surface area contributed by atoms with E-state index in [0.29, 0.717) is 12.5 Å². The average Bonchev–Trinajstić information content (AvgIpc) is 2.68. The summed E-state index contributed by atoms with van der Waals surface area (Å²) in [6.45, 7) is 3.56. The zero-order valence-electron chi connectivity index (χ0n) is 14.9. The molecule has 3 rings (SSSR count). The molecular formula is C21H25FN2O2. The van der Waals surface area contributed by atoms with E-state index < -0.39 is 5.82 Å². The van der Waals surface area contributed by atoms with Gasteiger partial charge in [0.05, 0.1) is 0 Å². The van der Waals surface area contributed by atoms with E-state index in [0.717, 1.165) is 32.5 Å². The van der Waals surface area contributed by atoms with Gasteiger partial charge in [0.25, 0.3) is 5.91 Å². The highest BCUT2D eigenvalue weighted by Gasteiger charge is 2.19. The number of likely N-dealkylation sites (tertiary alicyclic amines) is 1. The molecule has 0 atom stereocenters. The molecule has 0 saturated carbocycles. The molecule has 2 aromatic carbocycles. The normalized spacial score (nSPS) is 15.6. The molecule has 4 nitrogen and oxygen atoms in total. The molecule has 0 unspecified atom stereocenters. The molecule has 0 spiro atoms. The quantitative estimate of drug-likeness (QED) is 0.828. The Morgan fingerprint density at radius 2 is 1.77 bits per heavy atom. The highest BCUT2D eigenvalue weighted by atomic mass is 19.1. The van der Waals surface area contributed by atoms with Gasteiger partial charge in [0, 0.05) is 13.1 Å². The summed E-state index contributed by atoms with van der Waals surface area (Å²) in [6.07, 6.45) is 2.14. The van der Waals surface area contributed by atoms with Crippen molar-refractivity contribution in [1.29, 1.82) is 0 Å². The zero-order valence-corrected chi connectivity index (χ0v) is 14.9. The van der Waals surface area contributed by atoms with Crippen LogP contribution in [0.15, 0.2) is 54.6 Å². The molecule has 2 aromatic rings. The van der Waals surface area contributed by atoms with Crippen molar-refractivity contribution < 1.29 is 13.9 Å². The van der Waals surface area contributed by atoms with Gasteiger partial charge < -0.3 is 10.1 Å². The fourth-order valence-corrected chi connectivity index (χ4v) is 3.20. The van der Waals surface area contributed by atoms with E-state index in [4.69, 9.17) is 4.74 Å². The standard InChI is InChI=1S/C21H25FN2O2/c22-19-8-4-5-9-20(19)26-16-21(25)23-14-17-10-12-24(13-11-17)15-18-6-2-1-3-7-18/h1-9,17H,10-16H2,(H,23,25). The second-order valence-electron chi connectivity index (χ2n) is 6.73. The van der Waals surface area contributed by atoms with Crippen LogP contribution in [0.5, 0.6) is 5.75 Å². The Hall–Kier alpha value is -2.40. The summed E-state index contributed by atoms with van der Waals surface area (Å²) in [7, 11) is 0. The Morgan fingerprint density at radius 3 is 2.50 bits per heavy atom. The minimum Gasteiger partial charge on any atom is -0.481 e. The predicted molar refractivity (Wildman–Crippen MR) is 99.3 cm³/mol. The second kappa shape index (κ2) is 9.34. The van der Waals surface area contributed by atoms with Crippen molar-refractivity contribution in [1.82, 2.24) is 10.2 Å². The lowest BCUT2D eigenvalue weighted by atomic mass is 9.96. The molecule has 1 amide bonds. The Balaban J connectivity index is 1.33. The van der Waals surface area contributed by atoms with Crippen LogP contribution in [0.25, 0.3) is 0 Å². The molecular weight excluding hydrogens is 331 g/mol. The molecule has 0 aliphatic carbocycles. The Morgan fingerprint density at radius 1 is 1.08 bits per heavy atom. The number of nitrogens with one attached hydrogen (secondary N) is 1. The average molecular weight is 356 g/mol.